The number of rotatable bonds is 7. The van der Waals surface area contributed by atoms with Crippen molar-refractivity contribution in [2.75, 3.05) is 5.75 Å². The number of carbonyl (C=O) groups excluding carboxylic acids is 2. The fourth-order valence-electron chi connectivity index (χ4n) is 2.48. The Morgan fingerprint density at radius 3 is 2.59 bits per heavy atom. The number of hydrogen-bond donors (Lipinski definition) is 3. The second kappa shape index (κ2) is 9.42. The van der Waals surface area contributed by atoms with Crippen molar-refractivity contribution in [3.8, 4) is 5.75 Å². The van der Waals surface area contributed by atoms with Crippen LogP contribution in [0.4, 0.5) is 4.39 Å². The van der Waals surface area contributed by atoms with Gasteiger partial charge in [0.25, 0.3) is 5.91 Å². The Balaban J connectivity index is 1.41. The predicted molar refractivity (Wildman–Crippen MR) is 110 cm³/mol. The molecule has 0 saturated heterocycles. The van der Waals surface area contributed by atoms with E-state index in [4.69, 9.17) is 4.74 Å². The molecule has 0 bridgehead atoms. The molecule has 0 unspecified atom stereocenters. The van der Waals surface area contributed by atoms with E-state index in [1.165, 1.54) is 43.0 Å². The van der Waals surface area contributed by atoms with Crippen molar-refractivity contribution in [2.24, 2.45) is 0 Å². The van der Waals surface area contributed by atoms with Gasteiger partial charge in [0.2, 0.25) is 5.91 Å². The average Bonchev–Trinajstić information content (AvgIpc) is 3.16. The predicted octanol–water partition coefficient (Wildman–Crippen LogP) is 3.11. The Bertz CT molecular complexity index is 960. The summed E-state index contributed by atoms with van der Waals surface area (Å²) in [4.78, 5) is 31.8. The highest BCUT2D eigenvalue weighted by Crippen LogP contribution is 2.27. The van der Waals surface area contributed by atoms with Gasteiger partial charge < -0.3 is 9.72 Å². The summed E-state index contributed by atoms with van der Waals surface area (Å²) < 4.78 is 18.3. The molecule has 1 heterocycles. The zero-order valence-corrected chi connectivity index (χ0v) is 16.8. The summed E-state index contributed by atoms with van der Waals surface area (Å²) in [5, 5.41) is -0.0235. The zero-order chi connectivity index (χ0) is 20.8. The van der Waals surface area contributed by atoms with Crippen molar-refractivity contribution in [3.63, 3.8) is 0 Å². The highest BCUT2D eigenvalue weighted by molar-refractivity contribution is 8.00. The molecule has 7 nitrogen and oxygen atoms in total. The van der Waals surface area contributed by atoms with Gasteiger partial charge in [-0.05, 0) is 50.2 Å². The third-order valence-corrected chi connectivity index (χ3v) is 5.23. The first kappa shape index (κ1) is 20.7. The first-order valence-electron chi connectivity index (χ1n) is 8.99. The Labute approximate surface area is 171 Å². The minimum absolute atomic E-state index is 0.0235. The standard InChI is InChI=1S/C20H21FN4O3S/c1-12(28-15-9-7-14(21)8-10-15)20(27)25-24-18(26)11-29-13(2)19-22-16-5-3-4-6-17(16)23-19/h3-10,12-13H,11H2,1-2H3,(H,22,23)(H,24,26)(H,25,27)/t12-,13-/m0/s1. The molecule has 29 heavy (non-hydrogen) atoms. The minimum atomic E-state index is -0.858. The number of para-hydroxylation sites is 2. The second-order valence-electron chi connectivity index (χ2n) is 6.34. The van der Waals surface area contributed by atoms with E-state index in [1.807, 2.05) is 31.2 Å². The number of nitrogens with one attached hydrogen (secondary N) is 3. The number of nitrogens with zero attached hydrogens (tertiary/aromatic N) is 1. The molecule has 2 atom stereocenters. The SMILES string of the molecule is C[C@H](Oc1ccc(F)cc1)C(=O)NNC(=O)CS[C@@H](C)c1nc2ccccc2[nH]1. The molecule has 3 rings (SSSR count). The van der Waals surface area contributed by atoms with E-state index in [9.17, 15) is 14.0 Å². The number of ether oxygens (including phenoxy) is 1. The van der Waals surface area contributed by atoms with Gasteiger partial charge in [0.1, 0.15) is 17.4 Å². The maximum Gasteiger partial charge on any atom is 0.279 e. The number of amides is 2. The number of carbonyl (C=O) groups is 2. The molecule has 0 aliphatic carbocycles. The molecule has 1 aromatic heterocycles. The lowest BCUT2D eigenvalue weighted by Crippen LogP contribution is -2.47. The number of aromatic amines is 1. The Hall–Kier alpha value is -3.07. The molecule has 0 aliphatic heterocycles. The van der Waals surface area contributed by atoms with Gasteiger partial charge in [-0.2, -0.15) is 0 Å². The maximum atomic E-state index is 12.9. The lowest BCUT2D eigenvalue weighted by atomic mass is 10.3. The summed E-state index contributed by atoms with van der Waals surface area (Å²) >= 11 is 1.39. The van der Waals surface area contributed by atoms with Crippen molar-refractivity contribution in [1.82, 2.24) is 20.8 Å². The van der Waals surface area contributed by atoms with Gasteiger partial charge in [-0.3, -0.25) is 20.4 Å². The van der Waals surface area contributed by atoms with E-state index in [0.717, 1.165) is 16.9 Å². The number of imidazole rings is 1. The molecule has 152 valence electrons. The van der Waals surface area contributed by atoms with Crippen molar-refractivity contribution >= 4 is 34.6 Å². The normalized spacial score (nSPS) is 12.9. The third-order valence-electron chi connectivity index (χ3n) is 4.08. The summed E-state index contributed by atoms with van der Waals surface area (Å²) in [6.45, 7) is 3.48. The van der Waals surface area contributed by atoms with Crippen LogP contribution < -0.4 is 15.6 Å². The van der Waals surface area contributed by atoms with Crippen LogP contribution in [0.15, 0.2) is 48.5 Å². The monoisotopic (exact) mass is 416 g/mol. The third kappa shape index (κ3) is 5.71. The molecule has 0 radical (unpaired) electrons. The Kier molecular flexibility index (Phi) is 6.71. The first-order valence-corrected chi connectivity index (χ1v) is 10.0. The largest absolute Gasteiger partial charge is 0.481 e. The lowest BCUT2D eigenvalue weighted by molar-refractivity contribution is -0.131. The van der Waals surface area contributed by atoms with Crippen LogP contribution >= 0.6 is 11.8 Å². The van der Waals surface area contributed by atoms with Crippen LogP contribution in [-0.2, 0) is 9.59 Å². The van der Waals surface area contributed by atoms with E-state index in [1.54, 1.807) is 0 Å². The van der Waals surface area contributed by atoms with Crippen LogP contribution in [0.3, 0.4) is 0 Å². The van der Waals surface area contributed by atoms with Crippen molar-refractivity contribution in [2.45, 2.75) is 25.2 Å². The highest BCUT2D eigenvalue weighted by Gasteiger charge is 2.17. The summed E-state index contributed by atoms with van der Waals surface area (Å²) in [7, 11) is 0. The maximum absolute atomic E-state index is 12.9. The average molecular weight is 416 g/mol. The molecular weight excluding hydrogens is 395 g/mol. The number of H-pyrrole nitrogens is 1. The van der Waals surface area contributed by atoms with Gasteiger partial charge in [0.05, 0.1) is 22.0 Å². The molecule has 0 saturated carbocycles. The molecule has 0 aliphatic rings. The van der Waals surface area contributed by atoms with E-state index < -0.39 is 17.8 Å². The molecule has 2 aromatic carbocycles. The van der Waals surface area contributed by atoms with Gasteiger partial charge in [0.15, 0.2) is 6.10 Å². The van der Waals surface area contributed by atoms with Crippen LogP contribution in [0.2, 0.25) is 0 Å². The molecule has 0 spiro atoms. The van der Waals surface area contributed by atoms with Gasteiger partial charge >= 0.3 is 0 Å². The van der Waals surface area contributed by atoms with Gasteiger partial charge in [0, 0.05) is 0 Å². The molecule has 3 N–H and O–H groups in total. The number of halogens is 1. The molecular formula is C20H21FN4O3S. The minimum Gasteiger partial charge on any atom is -0.481 e. The fourth-order valence-corrected chi connectivity index (χ4v) is 3.23. The summed E-state index contributed by atoms with van der Waals surface area (Å²) in [6.07, 6.45) is -0.858. The number of hydrazine groups is 1. The summed E-state index contributed by atoms with van der Waals surface area (Å²) in [5.41, 5.74) is 6.51. The van der Waals surface area contributed by atoms with E-state index in [0.29, 0.717) is 5.75 Å². The quantitative estimate of drug-likeness (QED) is 0.515. The Morgan fingerprint density at radius 1 is 1.14 bits per heavy atom. The van der Waals surface area contributed by atoms with E-state index >= 15 is 0 Å². The zero-order valence-electron chi connectivity index (χ0n) is 15.9. The van der Waals surface area contributed by atoms with Crippen molar-refractivity contribution < 1.29 is 18.7 Å². The van der Waals surface area contributed by atoms with Crippen molar-refractivity contribution in [3.05, 3.63) is 60.2 Å². The van der Waals surface area contributed by atoms with E-state index in [2.05, 4.69) is 20.8 Å². The number of thioether (sulfide) groups is 1. The topological polar surface area (TPSA) is 96.1 Å². The van der Waals surface area contributed by atoms with Crippen LogP contribution in [0.1, 0.15) is 24.9 Å². The fraction of sp³-hybridized carbons (Fsp3) is 0.250. The molecule has 2 amide bonds. The van der Waals surface area contributed by atoms with Crippen LogP contribution in [-0.4, -0.2) is 33.6 Å². The molecule has 0 fully saturated rings. The lowest BCUT2D eigenvalue weighted by Gasteiger charge is -2.15. The number of fused-ring (bicyclic) bond motifs is 1. The van der Waals surface area contributed by atoms with Gasteiger partial charge in [-0.1, -0.05) is 12.1 Å². The van der Waals surface area contributed by atoms with Crippen LogP contribution in [0.5, 0.6) is 5.75 Å². The number of aromatic nitrogens is 2. The van der Waals surface area contributed by atoms with Gasteiger partial charge in [-0.25, -0.2) is 9.37 Å². The van der Waals surface area contributed by atoms with E-state index in [-0.39, 0.29) is 16.9 Å². The highest BCUT2D eigenvalue weighted by atomic mass is 32.2. The van der Waals surface area contributed by atoms with Crippen LogP contribution in [0.25, 0.3) is 11.0 Å². The number of hydrogen-bond acceptors (Lipinski definition) is 5. The van der Waals surface area contributed by atoms with Crippen LogP contribution in [0, 0.1) is 5.82 Å². The smallest absolute Gasteiger partial charge is 0.279 e. The summed E-state index contributed by atoms with van der Waals surface area (Å²) in [5.74, 6) is 0.0328. The first-order chi connectivity index (χ1) is 13.9. The van der Waals surface area contributed by atoms with Crippen molar-refractivity contribution in [1.29, 1.82) is 0 Å². The Morgan fingerprint density at radius 2 is 1.86 bits per heavy atom. The molecule has 9 heteroatoms. The second-order valence-corrected chi connectivity index (χ2v) is 7.67. The molecule has 3 aromatic rings. The van der Waals surface area contributed by atoms with Gasteiger partial charge in [-0.15, -0.1) is 11.8 Å². The number of benzene rings is 2. The summed E-state index contributed by atoms with van der Waals surface area (Å²) in [6, 6.07) is 13.0.